The summed E-state index contributed by atoms with van der Waals surface area (Å²) in [4.78, 5) is 15.9. The highest BCUT2D eigenvalue weighted by atomic mass is 28.4. The van der Waals surface area contributed by atoms with E-state index >= 15 is 0 Å². The molecule has 0 radical (unpaired) electrons. The average molecular weight is 619 g/mol. The third-order valence-corrected chi connectivity index (χ3v) is 13.8. The van der Waals surface area contributed by atoms with Gasteiger partial charge in [-0.25, -0.2) is 0 Å². The lowest BCUT2D eigenvalue weighted by Gasteiger charge is -2.46. The first-order chi connectivity index (χ1) is 21.7. The number of ether oxygens (including phenoxy) is 1. The Kier molecular flexibility index (Phi) is 10.4. The van der Waals surface area contributed by atoms with Crippen LogP contribution in [-0.2, 0) is 20.4 Å². The number of rotatable bonds is 11. The molecule has 1 aliphatic heterocycles. The molecule has 0 saturated heterocycles. The summed E-state index contributed by atoms with van der Waals surface area (Å²) in [6.07, 6.45) is 3.77. The molecule has 5 rings (SSSR count). The van der Waals surface area contributed by atoms with Crippen LogP contribution in [0.2, 0.25) is 5.04 Å². The minimum Gasteiger partial charge on any atom is -0.487 e. The maximum Gasteiger partial charge on any atom is 0.265 e. The van der Waals surface area contributed by atoms with Crippen molar-refractivity contribution in [2.24, 2.45) is 5.73 Å². The van der Waals surface area contributed by atoms with Gasteiger partial charge in [0.05, 0.1) is 18.4 Å². The van der Waals surface area contributed by atoms with Crippen molar-refractivity contribution in [1.29, 1.82) is 0 Å². The van der Waals surface area contributed by atoms with Crippen molar-refractivity contribution in [3.8, 4) is 11.1 Å². The van der Waals surface area contributed by atoms with Crippen LogP contribution in [0, 0.1) is 0 Å². The Hall–Kier alpha value is -3.97. The maximum absolute atomic E-state index is 14.0. The smallest absolute Gasteiger partial charge is 0.265 e. The largest absolute Gasteiger partial charge is 0.487 e. The molecular weight excluding hydrogens is 573 g/mol. The quantitative estimate of drug-likeness (QED) is 0.200. The molecular formula is C39H46N2O3Si. The van der Waals surface area contributed by atoms with Gasteiger partial charge in [-0.2, -0.15) is 0 Å². The van der Waals surface area contributed by atoms with E-state index in [9.17, 15) is 4.79 Å². The summed E-state index contributed by atoms with van der Waals surface area (Å²) in [6, 6.07) is 39.3. The molecule has 0 saturated carbocycles. The van der Waals surface area contributed by atoms with E-state index in [-0.39, 0.29) is 10.9 Å². The standard InChI is InChI=1S/C39H46N2O3Si/c1-5-27-41(28-25-30-21-23-32(24-22-30)31-15-9-6-10-16-31)38(42)37-36(40)35(26-29-43-37)44-45(39(2,3)4,33-17-11-7-12-18-33)34-19-13-8-14-20-34/h6-24,26,29,35-37H,5,25,27-28,40H2,1-4H3/t35-,36-,37-/m1/s1. The molecule has 0 fully saturated rings. The van der Waals surface area contributed by atoms with Crippen LogP contribution >= 0.6 is 0 Å². The van der Waals surface area contributed by atoms with Crippen LogP contribution < -0.4 is 16.1 Å². The van der Waals surface area contributed by atoms with Crippen LogP contribution in [-0.4, -0.2) is 50.5 Å². The molecule has 6 heteroatoms. The van der Waals surface area contributed by atoms with Gasteiger partial charge in [0, 0.05) is 13.1 Å². The zero-order chi connectivity index (χ0) is 31.9. The van der Waals surface area contributed by atoms with Crippen molar-refractivity contribution in [2.45, 2.75) is 63.8 Å². The van der Waals surface area contributed by atoms with E-state index in [1.807, 2.05) is 29.2 Å². The van der Waals surface area contributed by atoms with Crippen LogP contribution in [0.3, 0.4) is 0 Å². The zero-order valence-electron chi connectivity index (χ0n) is 26.9. The minimum atomic E-state index is -2.89. The second-order valence-corrected chi connectivity index (χ2v) is 17.1. The molecule has 5 nitrogen and oxygen atoms in total. The summed E-state index contributed by atoms with van der Waals surface area (Å²) in [5.41, 5.74) is 10.5. The molecule has 0 aliphatic carbocycles. The van der Waals surface area contributed by atoms with Gasteiger partial charge in [0.25, 0.3) is 14.2 Å². The maximum atomic E-state index is 14.0. The van der Waals surface area contributed by atoms with Crippen molar-refractivity contribution < 1.29 is 14.0 Å². The van der Waals surface area contributed by atoms with Gasteiger partial charge >= 0.3 is 0 Å². The van der Waals surface area contributed by atoms with Crippen LogP contribution in [0.25, 0.3) is 11.1 Å². The van der Waals surface area contributed by atoms with Gasteiger partial charge in [0.1, 0.15) is 0 Å². The fourth-order valence-electron chi connectivity index (χ4n) is 6.38. The fraction of sp³-hybridized carbons (Fsp3) is 0.308. The molecule has 4 aromatic rings. The van der Waals surface area contributed by atoms with Gasteiger partial charge in [-0.15, -0.1) is 0 Å². The van der Waals surface area contributed by atoms with Gasteiger partial charge in [0.2, 0.25) is 0 Å². The molecule has 1 aliphatic rings. The van der Waals surface area contributed by atoms with E-state index in [1.165, 1.54) is 27.1 Å². The second kappa shape index (κ2) is 14.4. The summed E-state index contributed by atoms with van der Waals surface area (Å²) in [5, 5.41) is 2.12. The summed E-state index contributed by atoms with van der Waals surface area (Å²) < 4.78 is 13.3. The number of carbonyl (C=O) groups excluding carboxylic acids is 1. The Morgan fingerprint density at radius 1 is 0.800 bits per heavy atom. The first-order valence-corrected chi connectivity index (χ1v) is 17.9. The zero-order valence-corrected chi connectivity index (χ0v) is 27.9. The Morgan fingerprint density at radius 3 is 1.87 bits per heavy atom. The van der Waals surface area contributed by atoms with E-state index in [0.29, 0.717) is 13.1 Å². The molecule has 45 heavy (non-hydrogen) atoms. The molecule has 0 aromatic heterocycles. The summed E-state index contributed by atoms with van der Waals surface area (Å²) >= 11 is 0. The SMILES string of the molecule is CCCN(CCc1ccc(-c2ccccc2)cc1)C(=O)[C@@H]1OC=C[C@@H](O[Si](c2ccccc2)(c2ccccc2)C(C)(C)C)[C@H]1N. The van der Waals surface area contributed by atoms with E-state index in [2.05, 4.69) is 125 Å². The summed E-state index contributed by atoms with van der Waals surface area (Å²) in [7, 11) is -2.89. The number of hydrogen-bond acceptors (Lipinski definition) is 4. The molecule has 0 spiro atoms. The molecule has 4 aromatic carbocycles. The third-order valence-electron chi connectivity index (χ3n) is 8.73. The van der Waals surface area contributed by atoms with Gasteiger partial charge in [0.15, 0.2) is 6.10 Å². The molecule has 0 bridgehead atoms. The lowest BCUT2D eigenvalue weighted by atomic mass is 10.0. The predicted octanol–water partition coefficient (Wildman–Crippen LogP) is 6.32. The normalized spacial score (nSPS) is 18.3. The van der Waals surface area contributed by atoms with Gasteiger partial charge in [-0.3, -0.25) is 4.79 Å². The number of nitrogens with two attached hydrogens (primary N) is 1. The van der Waals surface area contributed by atoms with Crippen molar-refractivity contribution in [3.05, 3.63) is 133 Å². The second-order valence-electron chi connectivity index (χ2n) is 12.8. The highest BCUT2D eigenvalue weighted by Gasteiger charge is 2.53. The number of carbonyl (C=O) groups is 1. The highest BCUT2D eigenvalue weighted by molar-refractivity contribution is 6.99. The van der Waals surface area contributed by atoms with Crippen molar-refractivity contribution in [3.63, 3.8) is 0 Å². The topological polar surface area (TPSA) is 64.8 Å². The minimum absolute atomic E-state index is 0.0920. The van der Waals surface area contributed by atoms with E-state index in [0.717, 1.165) is 12.8 Å². The Morgan fingerprint density at radius 2 is 1.33 bits per heavy atom. The molecule has 1 heterocycles. The van der Waals surface area contributed by atoms with Crippen molar-refractivity contribution >= 4 is 24.6 Å². The van der Waals surface area contributed by atoms with E-state index in [4.69, 9.17) is 14.9 Å². The van der Waals surface area contributed by atoms with Gasteiger partial charge in [-0.05, 0) is 51.0 Å². The van der Waals surface area contributed by atoms with Gasteiger partial charge < -0.3 is 19.8 Å². The van der Waals surface area contributed by atoms with Crippen molar-refractivity contribution in [1.82, 2.24) is 4.90 Å². The summed E-state index contributed by atoms with van der Waals surface area (Å²) in [6.45, 7) is 10.0. The Bertz CT molecular complexity index is 1500. The van der Waals surface area contributed by atoms with Crippen LogP contribution in [0.15, 0.2) is 128 Å². The molecule has 1 amide bonds. The molecule has 2 N–H and O–H groups in total. The molecule has 234 valence electrons. The van der Waals surface area contributed by atoms with Crippen LogP contribution in [0.4, 0.5) is 0 Å². The van der Waals surface area contributed by atoms with Crippen LogP contribution in [0.1, 0.15) is 39.7 Å². The highest BCUT2D eigenvalue weighted by Crippen LogP contribution is 2.38. The van der Waals surface area contributed by atoms with Crippen LogP contribution in [0.5, 0.6) is 0 Å². The number of amides is 1. The van der Waals surface area contributed by atoms with Crippen molar-refractivity contribution in [2.75, 3.05) is 13.1 Å². The fourth-order valence-corrected chi connectivity index (χ4v) is 11.0. The molecule has 0 unspecified atom stereocenters. The predicted molar refractivity (Wildman–Crippen MR) is 187 cm³/mol. The molecule has 3 atom stereocenters. The first-order valence-electron chi connectivity index (χ1n) is 16.0. The first kappa shape index (κ1) is 32.4. The number of benzene rings is 4. The summed E-state index contributed by atoms with van der Waals surface area (Å²) in [5.74, 6) is -0.0920. The van der Waals surface area contributed by atoms with E-state index in [1.54, 1.807) is 6.26 Å². The average Bonchev–Trinajstić information content (AvgIpc) is 3.07. The monoisotopic (exact) mass is 618 g/mol. The van der Waals surface area contributed by atoms with Gasteiger partial charge in [-0.1, -0.05) is 143 Å². The lowest BCUT2D eigenvalue weighted by Crippen LogP contribution is -2.70. The number of nitrogens with zero attached hydrogens (tertiary/aromatic N) is 1. The third kappa shape index (κ3) is 7.14. The van der Waals surface area contributed by atoms with E-state index < -0.39 is 26.6 Å². The number of hydrogen-bond donors (Lipinski definition) is 1. The Balaban J connectivity index is 1.35. The Labute approximate surface area is 269 Å². The lowest BCUT2D eigenvalue weighted by molar-refractivity contribution is -0.143.